The number of methoxy groups -OCH3 is 1. The molecule has 17 heavy (non-hydrogen) atoms. The van der Waals surface area contributed by atoms with E-state index in [1.807, 2.05) is 0 Å². The summed E-state index contributed by atoms with van der Waals surface area (Å²) in [6.07, 6.45) is 0. The van der Waals surface area contributed by atoms with Gasteiger partial charge in [0.05, 0.1) is 12.8 Å². The van der Waals surface area contributed by atoms with Crippen molar-refractivity contribution in [3.8, 4) is 17.0 Å². The summed E-state index contributed by atoms with van der Waals surface area (Å²) in [6.45, 7) is 0. The van der Waals surface area contributed by atoms with Crippen LogP contribution in [0, 0.1) is 11.6 Å². The van der Waals surface area contributed by atoms with Crippen LogP contribution < -0.4 is 10.5 Å². The van der Waals surface area contributed by atoms with Gasteiger partial charge in [0.1, 0.15) is 11.6 Å². The molecule has 0 unspecified atom stereocenters. The van der Waals surface area contributed by atoms with Gasteiger partial charge in [0.2, 0.25) is 0 Å². The number of nitrogens with zero attached hydrogens (tertiary/aromatic N) is 2. The Morgan fingerprint density at radius 2 is 2.00 bits per heavy atom. The highest BCUT2D eigenvalue weighted by Crippen LogP contribution is 2.30. The van der Waals surface area contributed by atoms with Crippen LogP contribution in [0.5, 0.6) is 5.75 Å². The Morgan fingerprint density at radius 3 is 2.53 bits per heavy atom. The summed E-state index contributed by atoms with van der Waals surface area (Å²) in [5.41, 5.74) is 5.88. The Morgan fingerprint density at radius 1 is 1.29 bits per heavy atom. The zero-order valence-corrected chi connectivity index (χ0v) is 9.37. The average Bonchev–Trinajstić information content (AvgIpc) is 2.62. The maximum Gasteiger partial charge on any atom is 0.174 e. The van der Waals surface area contributed by atoms with Gasteiger partial charge in [-0.25, -0.2) is 8.78 Å². The van der Waals surface area contributed by atoms with Crippen LogP contribution in [0.3, 0.4) is 0 Å². The second-order valence-corrected chi connectivity index (χ2v) is 3.55. The maximum atomic E-state index is 13.9. The normalized spacial score (nSPS) is 10.6. The van der Waals surface area contributed by atoms with E-state index in [4.69, 9.17) is 10.5 Å². The van der Waals surface area contributed by atoms with Crippen molar-refractivity contribution in [2.75, 3.05) is 12.8 Å². The molecule has 0 fully saturated rings. The molecule has 0 amide bonds. The van der Waals surface area contributed by atoms with E-state index in [1.165, 1.54) is 17.9 Å². The summed E-state index contributed by atoms with van der Waals surface area (Å²) in [6, 6.07) is 3.50. The molecule has 0 aliphatic heterocycles. The van der Waals surface area contributed by atoms with Gasteiger partial charge in [-0.3, -0.25) is 4.68 Å². The van der Waals surface area contributed by atoms with Crippen LogP contribution in [0.1, 0.15) is 0 Å². The number of aryl methyl sites for hydroxylation is 1. The lowest BCUT2D eigenvalue weighted by atomic mass is 10.1. The summed E-state index contributed by atoms with van der Waals surface area (Å²) in [5.74, 6) is -1.05. The summed E-state index contributed by atoms with van der Waals surface area (Å²) in [7, 11) is 2.89. The summed E-state index contributed by atoms with van der Waals surface area (Å²) >= 11 is 0. The number of aromatic nitrogens is 2. The van der Waals surface area contributed by atoms with Crippen molar-refractivity contribution in [1.29, 1.82) is 0 Å². The Labute approximate surface area is 96.6 Å². The number of nitrogen functional groups attached to an aromatic ring is 1. The third-order valence-electron chi connectivity index (χ3n) is 2.42. The van der Waals surface area contributed by atoms with E-state index in [1.54, 1.807) is 7.05 Å². The van der Waals surface area contributed by atoms with Gasteiger partial charge in [0.15, 0.2) is 11.6 Å². The van der Waals surface area contributed by atoms with E-state index < -0.39 is 11.6 Å². The zero-order valence-electron chi connectivity index (χ0n) is 9.37. The Hall–Kier alpha value is -2.11. The van der Waals surface area contributed by atoms with Gasteiger partial charge in [0, 0.05) is 24.7 Å². The van der Waals surface area contributed by atoms with Crippen LogP contribution in [0.4, 0.5) is 14.6 Å². The minimum absolute atomic E-state index is 0.0224. The van der Waals surface area contributed by atoms with Crippen molar-refractivity contribution in [3.63, 3.8) is 0 Å². The average molecular weight is 239 g/mol. The molecular formula is C11H11F2N3O. The number of benzene rings is 1. The molecule has 90 valence electrons. The fourth-order valence-electron chi connectivity index (χ4n) is 1.51. The first-order valence-electron chi connectivity index (χ1n) is 4.86. The molecule has 2 N–H and O–H groups in total. The Bertz CT molecular complexity index is 547. The molecule has 2 rings (SSSR count). The molecule has 0 saturated heterocycles. The topological polar surface area (TPSA) is 53.1 Å². The number of ether oxygens (including phenoxy) is 1. The van der Waals surface area contributed by atoms with E-state index in [0.29, 0.717) is 5.82 Å². The number of anilines is 1. The number of rotatable bonds is 2. The number of hydrogen-bond donors (Lipinski definition) is 1. The van der Waals surface area contributed by atoms with Crippen molar-refractivity contribution >= 4 is 5.82 Å². The standard InChI is InChI=1S/C11H11F2N3O/c1-16-10(14)5-8(15-16)7-3-6(12)4-9(17-2)11(7)13/h3-5H,14H2,1-2H3. The molecule has 0 aliphatic rings. The third kappa shape index (κ3) is 1.93. The molecule has 0 atom stereocenters. The highest BCUT2D eigenvalue weighted by Gasteiger charge is 2.16. The SMILES string of the molecule is COc1cc(F)cc(-c2cc(N)n(C)n2)c1F. The molecule has 4 nitrogen and oxygen atoms in total. The van der Waals surface area contributed by atoms with Gasteiger partial charge < -0.3 is 10.5 Å². The van der Waals surface area contributed by atoms with Crippen molar-refractivity contribution in [2.24, 2.45) is 7.05 Å². The second kappa shape index (κ2) is 4.04. The van der Waals surface area contributed by atoms with Gasteiger partial charge in [0.25, 0.3) is 0 Å². The van der Waals surface area contributed by atoms with Crippen molar-refractivity contribution in [1.82, 2.24) is 9.78 Å². The van der Waals surface area contributed by atoms with Gasteiger partial charge >= 0.3 is 0 Å². The minimum Gasteiger partial charge on any atom is -0.494 e. The molecule has 1 heterocycles. The van der Waals surface area contributed by atoms with Crippen LogP contribution in [0.15, 0.2) is 18.2 Å². The predicted octanol–water partition coefficient (Wildman–Crippen LogP) is 1.96. The van der Waals surface area contributed by atoms with Gasteiger partial charge in [-0.2, -0.15) is 5.10 Å². The number of halogens is 2. The van der Waals surface area contributed by atoms with Gasteiger partial charge in [-0.05, 0) is 6.07 Å². The second-order valence-electron chi connectivity index (χ2n) is 3.55. The van der Waals surface area contributed by atoms with Crippen LogP contribution in [-0.4, -0.2) is 16.9 Å². The molecule has 1 aromatic heterocycles. The molecule has 0 aliphatic carbocycles. The lowest BCUT2D eigenvalue weighted by Gasteiger charge is -2.05. The molecular weight excluding hydrogens is 228 g/mol. The van der Waals surface area contributed by atoms with E-state index in [-0.39, 0.29) is 17.0 Å². The summed E-state index contributed by atoms with van der Waals surface area (Å²) in [5, 5.41) is 3.99. The summed E-state index contributed by atoms with van der Waals surface area (Å²) in [4.78, 5) is 0. The zero-order chi connectivity index (χ0) is 12.6. The lowest BCUT2D eigenvalue weighted by molar-refractivity contribution is 0.383. The van der Waals surface area contributed by atoms with E-state index in [9.17, 15) is 8.78 Å². The molecule has 2 aromatic rings. The first kappa shape index (κ1) is 11.4. The van der Waals surface area contributed by atoms with Gasteiger partial charge in [-0.1, -0.05) is 0 Å². The lowest BCUT2D eigenvalue weighted by Crippen LogP contribution is -1.97. The van der Waals surface area contributed by atoms with Crippen LogP contribution in [-0.2, 0) is 7.05 Å². The molecule has 1 aromatic carbocycles. The van der Waals surface area contributed by atoms with Gasteiger partial charge in [-0.15, -0.1) is 0 Å². The van der Waals surface area contributed by atoms with E-state index in [0.717, 1.165) is 12.1 Å². The number of nitrogens with two attached hydrogens (primary N) is 1. The Balaban J connectivity index is 2.62. The quantitative estimate of drug-likeness (QED) is 0.871. The van der Waals surface area contributed by atoms with E-state index >= 15 is 0 Å². The minimum atomic E-state index is -0.660. The van der Waals surface area contributed by atoms with Crippen molar-refractivity contribution in [3.05, 3.63) is 29.8 Å². The predicted molar refractivity (Wildman–Crippen MR) is 59.5 cm³/mol. The maximum absolute atomic E-state index is 13.9. The van der Waals surface area contributed by atoms with E-state index in [2.05, 4.69) is 5.10 Å². The van der Waals surface area contributed by atoms with Crippen molar-refractivity contribution in [2.45, 2.75) is 0 Å². The molecule has 0 saturated carbocycles. The monoisotopic (exact) mass is 239 g/mol. The fraction of sp³-hybridized carbons (Fsp3) is 0.182. The Kier molecular flexibility index (Phi) is 2.71. The highest BCUT2D eigenvalue weighted by molar-refractivity contribution is 5.65. The van der Waals surface area contributed by atoms with Crippen LogP contribution in [0.2, 0.25) is 0 Å². The van der Waals surface area contributed by atoms with Crippen molar-refractivity contribution < 1.29 is 13.5 Å². The molecule has 0 spiro atoms. The summed E-state index contributed by atoms with van der Waals surface area (Å²) < 4.78 is 33.3. The first-order chi connectivity index (χ1) is 8.02. The number of hydrogen-bond acceptors (Lipinski definition) is 3. The molecule has 6 heteroatoms. The largest absolute Gasteiger partial charge is 0.494 e. The van der Waals surface area contributed by atoms with Crippen LogP contribution >= 0.6 is 0 Å². The smallest absolute Gasteiger partial charge is 0.174 e. The first-order valence-corrected chi connectivity index (χ1v) is 4.86. The molecule has 0 radical (unpaired) electrons. The fourth-order valence-corrected chi connectivity index (χ4v) is 1.51. The highest BCUT2D eigenvalue weighted by atomic mass is 19.1. The van der Waals surface area contributed by atoms with Crippen LogP contribution in [0.25, 0.3) is 11.3 Å². The third-order valence-corrected chi connectivity index (χ3v) is 2.42. The molecule has 0 bridgehead atoms.